The van der Waals surface area contributed by atoms with Crippen LogP contribution in [0.1, 0.15) is 12.7 Å². The van der Waals surface area contributed by atoms with Crippen molar-refractivity contribution < 1.29 is 9.18 Å². The van der Waals surface area contributed by atoms with Gasteiger partial charge < -0.3 is 21.0 Å². The number of nitrogens with zero attached hydrogens (tertiary/aromatic N) is 5. The van der Waals surface area contributed by atoms with E-state index in [2.05, 4.69) is 31.5 Å². The van der Waals surface area contributed by atoms with E-state index in [0.29, 0.717) is 36.5 Å². The van der Waals surface area contributed by atoms with E-state index < -0.39 is 11.9 Å². The molecule has 10 nitrogen and oxygen atoms in total. The molecule has 4 N–H and O–H groups in total. The highest BCUT2D eigenvalue weighted by Crippen LogP contribution is 2.27. The average Bonchev–Trinajstić information content (AvgIpc) is 3.24. The van der Waals surface area contributed by atoms with Crippen LogP contribution in [0.2, 0.25) is 0 Å². The van der Waals surface area contributed by atoms with Crippen LogP contribution < -0.4 is 21.4 Å². The molecule has 2 atom stereocenters. The first-order valence-corrected chi connectivity index (χ1v) is 9.82. The van der Waals surface area contributed by atoms with Crippen molar-refractivity contribution in [3.05, 3.63) is 36.0 Å². The summed E-state index contributed by atoms with van der Waals surface area (Å²) >= 11 is 0. The molecule has 0 aliphatic carbocycles. The van der Waals surface area contributed by atoms with Crippen LogP contribution in [0.3, 0.4) is 0 Å². The lowest BCUT2D eigenvalue weighted by Gasteiger charge is -2.16. The molecule has 1 aromatic carbocycles. The molecular weight excluding hydrogens is 389 g/mol. The molecule has 5 rings (SSSR count). The van der Waals surface area contributed by atoms with E-state index in [1.165, 1.54) is 6.07 Å². The van der Waals surface area contributed by atoms with Gasteiger partial charge in [0.25, 0.3) is 0 Å². The monoisotopic (exact) mass is 411 g/mol. The second-order valence-corrected chi connectivity index (χ2v) is 7.48. The van der Waals surface area contributed by atoms with Crippen molar-refractivity contribution >= 4 is 34.0 Å². The first-order valence-electron chi connectivity index (χ1n) is 9.82. The maximum atomic E-state index is 14.6. The van der Waals surface area contributed by atoms with Crippen LogP contribution in [0.15, 0.2) is 24.4 Å². The van der Waals surface area contributed by atoms with E-state index in [9.17, 15) is 9.18 Å². The number of fused-ring (bicyclic) bond motifs is 3. The molecule has 2 aliphatic rings. The molecule has 0 radical (unpaired) electrons. The third kappa shape index (κ3) is 3.12. The number of benzene rings is 1. The SMILES string of the molecule is CC1NN(C)C=C1c1nc2c3cccc(F)c3nc(N[C@@H]3CNCCNC3=O)n2n1. The summed E-state index contributed by atoms with van der Waals surface area (Å²) in [7, 11) is 1.90. The molecule has 4 heterocycles. The number of anilines is 1. The Hall–Kier alpha value is -3.31. The van der Waals surface area contributed by atoms with Crippen LogP contribution in [0.5, 0.6) is 0 Å². The predicted octanol–water partition coefficient (Wildman–Crippen LogP) is 0.0959. The summed E-state index contributed by atoms with van der Waals surface area (Å²) in [5.74, 6) is 0.171. The molecule has 30 heavy (non-hydrogen) atoms. The maximum Gasteiger partial charge on any atom is 0.243 e. The quantitative estimate of drug-likeness (QED) is 0.480. The number of halogens is 1. The molecule has 0 bridgehead atoms. The largest absolute Gasteiger partial charge is 0.353 e. The topological polar surface area (TPSA) is 112 Å². The van der Waals surface area contributed by atoms with E-state index in [1.54, 1.807) is 16.6 Å². The predicted molar refractivity (Wildman–Crippen MR) is 110 cm³/mol. The molecule has 1 amide bonds. The summed E-state index contributed by atoms with van der Waals surface area (Å²) in [6.45, 7) is 3.66. The lowest BCUT2D eigenvalue weighted by molar-refractivity contribution is -0.121. The zero-order chi connectivity index (χ0) is 20.8. The van der Waals surface area contributed by atoms with Gasteiger partial charge in [0.05, 0.1) is 6.04 Å². The fourth-order valence-corrected chi connectivity index (χ4v) is 3.81. The summed E-state index contributed by atoms with van der Waals surface area (Å²) in [6, 6.07) is 4.19. The van der Waals surface area contributed by atoms with Gasteiger partial charge in [-0.3, -0.25) is 4.79 Å². The number of hydrazine groups is 1. The molecule has 3 aromatic rings. The number of para-hydroxylation sites is 1. The number of aromatic nitrogens is 4. The highest BCUT2D eigenvalue weighted by Gasteiger charge is 2.26. The van der Waals surface area contributed by atoms with Crippen molar-refractivity contribution in [2.24, 2.45) is 0 Å². The number of carbonyl (C=O) groups excluding carboxylic acids is 1. The third-order valence-corrected chi connectivity index (χ3v) is 5.28. The molecule has 156 valence electrons. The van der Waals surface area contributed by atoms with Crippen LogP contribution in [-0.2, 0) is 4.79 Å². The number of hydrogen-bond acceptors (Lipinski definition) is 8. The Balaban J connectivity index is 1.67. The van der Waals surface area contributed by atoms with Crippen LogP contribution in [-0.4, -0.2) is 69.3 Å². The first kappa shape index (κ1) is 18.7. The van der Waals surface area contributed by atoms with Gasteiger partial charge in [0.2, 0.25) is 11.9 Å². The maximum absolute atomic E-state index is 14.6. The first-order chi connectivity index (χ1) is 14.5. The fourth-order valence-electron chi connectivity index (χ4n) is 3.81. The molecule has 11 heteroatoms. The fraction of sp³-hybridized carbons (Fsp3) is 0.368. The van der Waals surface area contributed by atoms with Gasteiger partial charge in [-0.05, 0) is 19.1 Å². The van der Waals surface area contributed by atoms with Crippen LogP contribution in [0, 0.1) is 5.82 Å². The van der Waals surface area contributed by atoms with Gasteiger partial charge in [-0.1, -0.05) is 6.07 Å². The third-order valence-electron chi connectivity index (χ3n) is 5.28. The van der Waals surface area contributed by atoms with Gasteiger partial charge in [0, 0.05) is 43.8 Å². The van der Waals surface area contributed by atoms with E-state index in [1.807, 2.05) is 25.2 Å². The number of hydrogen-bond donors (Lipinski definition) is 4. The Morgan fingerprint density at radius 2 is 2.13 bits per heavy atom. The second kappa shape index (κ2) is 7.18. The minimum Gasteiger partial charge on any atom is -0.353 e. The number of carbonyl (C=O) groups is 1. The zero-order valence-electron chi connectivity index (χ0n) is 16.6. The van der Waals surface area contributed by atoms with Gasteiger partial charge >= 0.3 is 0 Å². The zero-order valence-corrected chi connectivity index (χ0v) is 16.6. The average molecular weight is 411 g/mol. The molecule has 2 aliphatic heterocycles. The van der Waals surface area contributed by atoms with Gasteiger partial charge in [0.15, 0.2) is 11.5 Å². The van der Waals surface area contributed by atoms with Crippen LogP contribution >= 0.6 is 0 Å². The Morgan fingerprint density at radius 3 is 2.93 bits per heavy atom. The summed E-state index contributed by atoms with van der Waals surface area (Å²) in [4.78, 5) is 21.5. The van der Waals surface area contributed by atoms with Gasteiger partial charge in [-0.2, -0.15) is 4.52 Å². The van der Waals surface area contributed by atoms with Crippen molar-refractivity contribution in [2.45, 2.75) is 19.0 Å². The Labute approximate surface area is 171 Å². The summed E-state index contributed by atoms with van der Waals surface area (Å²) in [5, 5.41) is 16.2. The number of rotatable bonds is 3. The summed E-state index contributed by atoms with van der Waals surface area (Å²) in [6.07, 6.45) is 1.92. The molecular formula is C19H22FN9O. The minimum absolute atomic E-state index is 0.0246. The van der Waals surface area contributed by atoms with Crippen molar-refractivity contribution in [1.82, 2.24) is 40.7 Å². The van der Waals surface area contributed by atoms with Gasteiger partial charge in [-0.25, -0.2) is 19.8 Å². The van der Waals surface area contributed by atoms with E-state index in [-0.39, 0.29) is 23.4 Å². The highest BCUT2D eigenvalue weighted by molar-refractivity contribution is 5.93. The highest BCUT2D eigenvalue weighted by atomic mass is 19.1. The number of nitrogens with one attached hydrogen (secondary N) is 4. The van der Waals surface area contributed by atoms with Crippen molar-refractivity contribution in [3.8, 4) is 0 Å². The Kier molecular flexibility index (Phi) is 4.48. The standard InChI is InChI=1S/C19H22FN9O/c1-10-12(9-28(2)26-10)16-25-17-11-4-3-5-13(20)15(11)24-19(29(17)27-16)23-14-8-21-6-7-22-18(14)30/h3-5,9-10,14,21,26H,6-8H2,1-2H3,(H,22,30)(H,23,24)/t10?,14-/m1/s1. The van der Waals surface area contributed by atoms with Crippen LogP contribution in [0.4, 0.5) is 10.3 Å². The molecule has 1 unspecified atom stereocenters. The van der Waals surface area contributed by atoms with Crippen molar-refractivity contribution in [2.75, 3.05) is 32.0 Å². The lowest BCUT2D eigenvalue weighted by Crippen LogP contribution is -2.42. The van der Waals surface area contributed by atoms with Crippen molar-refractivity contribution in [3.63, 3.8) is 0 Å². The van der Waals surface area contributed by atoms with E-state index >= 15 is 0 Å². The van der Waals surface area contributed by atoms with Crippen LogP contribution in [0.25, 0.3) is 22.1 Å². The molecule has 0 spiro atoms. The molecule has 1 fully saturated rings. The van der Waals surface area contributed by atoms with Crippen molar-refractivity contribution in [1.29, 1.82) is 0 Å². The molecule has 1 saturated heterocycles. The summed E-state index contributed by atoms with van der Waals surface area (Å²) < 4.78 is 16.1. The normalized spacial score (nSPS) is 22.3. The minimum atomic E-state index is -0.572. The smallest absolute Gasteiger partial charge is 0.243 e. The molecule has 2 aromatic heterocycles. The second-order valence-electron chi connectivity index (χ2n) is 7.48. The van der Waals surface area contributed by atoms with Gasteiger partial charge in [-0.15, -0.1) is 5.10 Å². The lowest BCUT2D eigenvalue weighted by atomic mass is 10.1. The number of amides is 1. The van der Waals surface area contributed by atoms with Gasteiger partial charge in [0.1, 0.15) is 17.4 Å². The summed E-state index contributed by atoms with van der Waals surface area (Å²) in [5.41, 5.74) is 4.81. The van der Waals surface area contributed by atoms with E-state index in [4.69, 9.17) is 4.98 Å². The van der Waals surface area contributed by atoms with E-state index in [0.717, 1.165) is 5.57 Å². The molecule has 0 saturated carbocycles. The Morgan fingerprint density at radius 1 is 1.27 bits per heavy atom. The Bertz CT molecular complexity index is 1170.